The Morgan fingerprint density at radius 2 is 2.20 bits per heavy atom. The van der Waals surface area contributed by atoms with Crippen LogP contribution in [-0.2, 0) is 9.53 Å². The summed E-state index contributed by atoms with van der Waals surface area (Å²) in [6, 6.07) is 5.54. The number of rotatable bonds is 5. The lowest BCUT2D eigenvalue weighted by molar-refractivity contribution is -0.908. The predicted molar refractivity (Wildman–Crippen MR) is 100 cm³/mol. The first-order valence-corrected chi connectivity index (χ1v) is 9.10. The van der Waals surface area contributed by atoms with E-state index in [0.717, 1.165) is 51.5 Å². The molecule has 1 aromatic rings. The molecule has 1 amide bonds. The normalized spacial score (nSPS) is 20.2. The van der Waals surface area contributed by atoms with E-state index in [1.54, 1.807) is 11.8 Å². The van der Waals surface area contributed by atoms with E-state index in [-0.39, 0.29) is 5.91 Å². The number of fused-ring (bicyclic) bond motifs is 1. The van der Waals surface area contributed by atoms with Crippen molar-refractivity contribution >= 4 is 34.6 Å². The molecule has 0 saturated carbocycles. The Labute approximate surface area is 153 Å². The van der Waals surface area contributed by atoms with Crippen LogP contribution in [0.3, 0.4) is 0 Å². The molecule has 0 spiro atoms. The van der Waals surface area contributed by atoms with E-state index >= 15 is 0 Å². The smallest absolute Gasteiger partial charge is 0.265 e. The van der Waals surface area contributed by atoms with Gasteiger partial charge in [-0.3, -0.25) is 4.79 Å². The van der Waals surface area contributed by atoms with Crippen molar-refractivity contribution in [1.82, 2.24) is 5.32 Å². The fourth-order valence-corrected chi connectivity index (χ4v) is 3.13. The molecule has 1 fully saturated rings. The third-order valence-electron chi connectivity index (χ3n) is 4.36. The highest BCUT2D eigenvalue weighted by molar-refractivity contribution is 7.80. The van der Waals surface area contributed by atoms with Crippen LogP contribution in [0.1, 0.15) is 13.3 Å². The second-order valence-electron chi connectivity index (χ2n) is 6.31. The number of ether oxygens (including phenoxy) is 2. The Balaban J connectivity index is 1.42. The lowest BCUT2D eigenvalue weighted by atomic mass is 10.2. The summed E-state index contributed by atoms with van der Waals surface area (Å²) >= 11 is 5.33. The number of anilines is 2. The SMILES string of the molecule is C[C@H]1Oc2ccc(NC(=S)NCCC[NH+]3CCOCC3)cc2NC1=O. The van der Waals surface area contributed by atoms with Gasteiger partial charge in [0.1, 0.15) is 18.8 Å². The number of carbonyl (C=O) groups is 1. The topological polar surface area (TPSA) is 76.1 Å². The van der Waals surface area contributed by atoms with Crippen LogP contribution >= 0.6 is 12.2 Å². The van der Waals surface area contributed by atoms with Crippen LogP contribution < -0.4 is 25.6 Å². The van der Waals surface area contributed by atoms with Crippen molar-refractivity contribution in [2.75, 3.05) is 50.0 Å². The summed E-state index contributed by atoms with van der Waals surface area (Å²) in [4.78, 5) is 13.3. The van der Waals surface area contributed by atoms with Crippen molar-refractivity contribution in [3.05, 3.63) is 18.2 Å². The van der Waals surface area contributed by atoms with E-state index in [1.807, 2.05) is 18.2 Å². The van der Waals surface area contributed by atoms with Crippen molar-refractivity contribution in [2.24, 2.45) is 0 Å². The largest absolute Gasteiger partial charge is 0.479 e. The highest BCUT2D eigenvalue weighted by Crippen LogP contribution is 2.32. The maximum absolute atomic E-state index is 11.7. The first-order valence-electron chi connectivity index (χ1n) is 8.69. The number of morpholine rings is 1. The summed E-state index contributed by atoms with van der Waals surface area (Å²) < 4.78 is 10.9. The van der Waals surface area contributed by atoms with Crippen molar-refractivity contribution in [1.29, 1.82) is 0 Å². The Morgan fingerprint density at radius 3 is 3.00 bits per heavy atom. The van der Waals surface area contributed by atoms with E-state index in [9.17, 15) is 4.79 Å². The molecule has 3 rings (SSSR count). The maximum Gasteiger partial charge on any atom is 0.265 e. The zero-order chi connectivity index (χ0) is 17.6. The third kappa shape index (κ3) is 5.04. The second kappa shape index (κ2) is 8.46. The van der Waals surface area contributed by atoms with Crippen LogP contribution in [0.25, 0.3) is 0 Å². The quantitative estimate of drug-likeness (QED) is 0.435. The molecule has 0 bridgehead atoms. The van der Waals surface area contributed by atoms with Crippen molar-refractivity contribution < 1.29 is 19.2 Å². The van der Waals surface area contributed by atoms with Gasteiger partial charge in [0.2, 0.25) is 0 Å². The molecular formula is C17H25N4O3S+. The first-order chi connectivity index (χ1) is 12.1. The highest BCUT2D eigenvalue weighted by atomic mass is 32.1. The number of nitrogens with one attached hydrogen (secondary N) is 4. The summed E-state index contributed by atoms with van der Waals surface area (Å²) in [5, 5.41) is 9.78. The molecule has 0 aromatic heterocycles. The summed E-state index contributed by atoms with van der Waals surface area (Å²) in [7, 11) is 0. The zero-order valence-electron chi connectivity index (χ0n) is 14.4. The number of thiocarbonyl (C=S) groups is 1. The van der Waals surface area contributed by atoms with Crippen LogP contribution in [0.15, 0.2) is 18.2 Å². The van der Waals surface area contributed by atoms with Crippen LogP contribution in [0.5, 0.6) is 5.75 Å². The van der Waals surface area contributed by atoms with Crippen LogP contribution in [0, 0.1) is 0 Å². The van der Waals surface area contributed by atoms with Gasteiger partial charge in [0.05, 0.1) is 25.4 Å². The van der Waals surface area contributed by atoms with Crippen LogP contribution in [-0.4, -0.2) is 56.5 Å². The zero-order valence-corrected chi connectivity index (χ0v) is 15.2. The molecule has 0 unspecified atom stereocenters. The van der Waals surface area contributed by atoms with Crippen LogP contribution in [0.2, 0.25) is 0 Å². The average molecular weight is 365 g/mol. The minimum Gasteiger partial charge on any atom is -0.479 e. The monoisotopic (exact) mass is 365 g/mol. The van der Waals surface area contributed by atoms with Gasteiger partial charge >= 0.3 is 0 Å². The second-order valence-corrected chi connectivity index (χ2v) is 6.72. The summed E-state index contributed by atoms with van der Waals surface area (Å²) in [5.74, 6) is 0.529. The third-order valence-corrected chi connectivity index (χ3v) is 4.61. The van der Waals surface area contributed by atoms with Gasteiger partial charge in [-0.05, 0) is 37.3 Å². The van der Waals surface area contributed by atoms with Gasteiger partial charge in [0.15, 0.2) is 11.2 Å². The Morgan fingerprint density at radius 1 is 1.40 bits per heavy atom. The highest BCUT2D eigenvalue weighted by Gasteiger charge is 2.23. The van der Waals surface area contributed by atoms with E-state index in [4.69, 9.17) is 21.7 Å². The van der Waals surface area contributed by atoms with E-state index in [1.165, 1.54) is 0 Å². The van der Waals surface area contributed by atoms with Crippen molar-refractivity contribution in [3.63, 3.8) is 0 Å². The Kier molecular flexibility index (Phi) is 6.06. The van der Waals surface area contributed by atoms with Crippen molar-refractivity contribution in [3.8, 4) is 5.75 Å². The summed E-state index contributed by atoms with van der Waals surface area (Å²) in [6.45, 7) is 7.58. The molecule has 1 saturated heterocycles. The predicted octanol–water partition coefficient (Wildman–Crippen LogP) is -0.00240. The fraction of sp³-hybridized carbons (Fsp3) is 0.529. The van der Waals surface area contributed by atoms with Gasteiger partial charge in [0.25, 0.3) is 5.91 Å². The van der Waals surface area contributed by atoms with Crippen LogP contribution in [0.4, 0.5) is 11.4 Å². The standard InChI is InChI=1S/C17H24N4O3S/c1-12-16(22)20-14-11-13(3-4-15(14)24-12)19-17(25)18-5-2-6-21-7-9-23-10-8-21/h3-4,11-12H,2,5-10H2,1H3,(H,20,22)(H2,18,19,25)/p+1/t12-/m1/s1. The molecule has 4 N–H and O–H groups in total. The molecule has 2 aliphatic heterocycles. The molecule has 2 heterocycles. The molecule has 136 valence electrons. The van der Waals surface area contributed by atoms with Gasteiger partial charge in [-0.1, -0.05) is 0 Å². The molecule has 1 aromatic carbocycles. The van der Waals surface area contributed by atoms with E-state index < -0.39 is 6.10 Å². The van der Waals surface area contributed by atoms with Gasteiger partial charge in [-0.2, -0.15) is 0 Å². The number of amides is 1. The molecule has 8 heteroatoms. The number of carbonyl (C=O) groups excluding carboxylic acids is 1. The Bertz CT molecular complexity index is 634. The van der Waals surface area contributed by atoms with Gasteiger partial charge in [-0.25, -0.2) is 0 Å². The van der Waals surface area contributed by atoms with E-state index in [2.05, 4.69) is 16.0 Å². The molecule has 25 heavy (non-hydrogen) atoms. The number of hydrogen-bond acceptors (Lipinski definition) is 4. The Hall–Kier alpha value is -1.90. The molecule has 0 radical (unpaired) electrons. The molecule has 1 atom stereocenters. The number of quaternary nitrogens is 1. The summed E-state index contributed by atoms with van der Waals surface area (Å²) in [6.07, 6.45) is 0.589. The van der Waals surface area contributed by atoms with Gasteiger partial charge in [-0.15, -0.1) is 0 Å². The van der Waals surface area contributed by atoms with Gasteiger partial charge in [0, 0.05) is 18.7 Å². The minimum absolute atomic E-state index is 0.143. The minimum atomic E-state index is -0.470. The lowest BCUT2D eigenvalue weighted by Crippen LogP contribution is -3.14. The van der Waals surface area contributed by atoms with Crippen molar-refractivity contribution in [2.45, 2.75) is 19.4 Å². The first kappa shape index (κ1) is 17.9. The number of hydrogen-bond donors (Lipinski definition) is 4. The molecular weight excluding hydrogens is 340 g/mol. The van der Waals surface area contributed by atoms with Gasteiger partial charge < -0.3 is 30.3 Å². The fourth-order valence-electron chi connectivity index (χ4n) is 2.91. The lowest BCUT2D eigenvalue weighted by Gasteiger charge is -2.24. The molecule has 2 aliphatic rings. The number of benzene rings is 1. The summed E-state index contributed by atoms with van der Waals surface area (Å²) in [5.41, 5.74) is 1.47. The molecule has 0 aliphatic carbocycles. The maximum atomic E-state index is 11.7. The average Bonchev–Trinajstić information content (AvgIpc) is 2.61. The van der Waals surface area contributed by atoms with E-state index in [0.29, 0.717) is 16.5 Å². The molecule has 7 nitrogen and oxygen atoms in total.